The van der Waals surface area contributed by atoms with Gasteiger partial charge in [0, 0.05) is 0 Å². The quantitative estimate of drug-likeness (QED) is 0.725. The normalized spacial score (nSPS) is 10.0. The number of aryl methyl sites for hydroxylation is 2. The summed E-state index contributed by atoms with van der Waals surface area (Å²) in [5.41, 5.74) is 1.90. The molecule has 1 aromatic carbocycles. The topological polar surface area (TPSA) is 49.7 Å². The minimum absolute atomic E-state index is 0.286. The molecule has 1 rings (SSSR count). The van der Waals surface area contributed by atoms with Crippen molar-refractivity contribution in [2.24, 2.45) is 5.18 Å². The molecule has 0 fully saturated rings. The summed E-state index contributed by atoms with van der Waals surface area (Å²) in [6.07, 6.45) is 1.71. The second-order valence-electron chi connectivity index (χ2n) is 3.11. The molecule has 3 nitrogen and oxygen atoms in total. The first-order valence-electron chi connectivity index (χ1n) is 4.35. The van der Waals surface area contributed by atoms with Gasteiger partial charge in [-0.05, 0) is 41.8 Å². The van der Waals surface area contributed by atoms with Crippen LogP contribution in [0.2, 0.25) is 0 Å². The molecule has 70 valence electrons. The van der Waals surface area contributed by atoms with E-state index in [1.807, 2.05) is 6.92 Å². The molecule has 0 aromatic heterocycles. The number of hydrogen-bond donors (Lipinski definition) is 1. The molecule has 13 heavy (non-hydrogen) atoms. The third-order valence-electron chi connectivity index (χ3n) is 1.99. The van der Waals surface area contributed by atoms with E-state index < -0.39 is 0 Å². The fourth-order valence-electron chi connectivity index (χ4n) is 1.34. The van der Waals surface area contributed by atoms with Crippen LogP contribution in [0.15, 0.2) is 17.3 Å². The monoisotopic (exact) mass is 179 g/mol. The van der Waals surface area contributed by atoms with E-state index in [1.165, 1.54) is 0 Å². The van der Waals surface area contributed by atoms with E-state index in [0.29, 0.717) is 11.3 Å². The summed E-state index contributed by atoms with van der Waals surface area (Å²) in [6.45, 7) is 3.79. The molecule has 0 aliphatic carbocycles. The average Bonchev–Trinajstić information content (AvgIpc) is 2.13. The number of phenols is 1. The Morgan fingerprint density at radius 3 is 2.69 bits per heavy atom. The molecule has 0 radical (unpaired) electrons. The van der Waals surface area contributed by atoms with Crippen LogP contribution in [0, 0.1) is 11.8 Å². The van der Waals surface area contributed by atoms with Crippen LogP contribution in [0.25, 0.3) is 0 Å². The number of aromatic hydroxyl groups is 1. The van der Waals surface area contributed by atoms with Crippen LogP contribution in [-0.4, -0.2) is 5.11 Å². The number of rotatable bonds is 3. The fraction of sp³-hybridized carbons (Fsp3) is 0.400. The molecule has 0 bridgehead atoms. The molecule has 0 saturated carbocycles. The van der Waals surface area contributed by atoms with Gasteiger partial charge in [0.05, 0.1) is 0 Å². The molecular formula is C10H13NO2. The lowest BCUT2D eigenvalue weighted by molar-refractivity contribution is 0.463. The maximum absolute atomic E-state index is 10.3. The summed E-state index contributed by atoms with van der Waals surface area (Å²) in [5, 5.41) is 12.5. The summed E-state index contributed by atoms with van der Waals surface area (Å²) in [5.74, 6) is 0.286. The number of benzene rings is 1. The fourth-order valence-corrected chi connectivity index (χ4v) is 1.34. The van der Waals surface area contributed by atoms with E-state index in [4.69, 9.17) is 0 Å². The summed E-state index contributed by atoms with van der Waals surface area (Å²) in [6, 6.07) is 3.22. The van der Waals surface area contributed by atoms with E-state index in [-0.39, 0.29) is 5.75 Å². The molecule has 0 spiro atoms. The SMILES string of the molecule is CCCc1cc(N=O)cc(C)c1O. The average molecular weight is 179 g/mol. The second-order valence-corrected chi connectivity index (χ2v) is 3.11. The molecule has 0 atom stereocenters. The van der Waals surface area contributed by atoms with Crippen molar-refractivity contribution in [1.82, 2.24) is 0 Å². The minimum atomic E-state index is 0.286. The second kappa shape index (κ2) is 4.03. The van der Waals surface area contributed by atoms with Gasteiger partial charge in [-0.25, -0.2) is 0 Å². The minimum Gasteiger partial charge on any atom is -0.507 e. The Labute approximate surface area is 77.4 Å². The molecule has 1 N–H and O–H groups in total. The van der Waals surface area contributed by atoms with Crippen LogP contribution in [0.5, 0.6) is 5.75 Å². The van der Waals surface area contributed by atoms with Crippen molar-refractivity contribution in [1.29, 1.82) is 0 Å². The molecule has 0 unspecified atom stereocenters. The highest BCUT2D eigenvalue weighted by molar-refractivity contribution is 5.51. The molecule has 0 heterocycles. The van der Waals surface area contributed by atoms with Crippen molar-refractivity contribution in [2.75, 3.05) is 0 Å². The molecular weight excluding hydrogens is 166 g/mol. The Morgan fingerprint density at radius 2 is 2.15 bits per heavy atom. The lowest BCUT2D eigenvalue weighted by atomic mass is 10.0. The van der Waals surface area contributed by atoms with E-state index in [9.17, 15) is 10.0 Å². The highest BCUT2D eigenvalue weighted by Gasteiger charge is 2.06. The highest BCUT2D eigenvalue weighted by atomic mass is 16.3. The number of hydrogen-bond acceptors (Lipinski definition) is 3. The highest BCUT2D eigenvalue weighted by Crippen LogP contribution is 2.28. The zero-order valence-corrected chi connectivity index (χ0v) is 7.87. The van der Waals surface area contributed by atoms with Gasteiger partial charge in [-0.3, -0.25) is 0 Å². The van der Waals surface area contributed by atoms with Gasteiger partial charge in [-0.2, -0.15) is 0 Å². The maximum atomic E-state index is 10.3. The first-order chi connectivity index (χ1) is 6.19. The molecule has 3 heteroatoms. The standard InChI is InChI=1S/C10H13NO2/c1-3-4-8-6-9(11-13)5-7(2)10(8)12/h5-6,12H,3-4H2,1-2H3. The Hall–Kier alpha value is -1.38. The van der Waals surface area contributed by atoms with Gasteiger partial charge >= 0.3 is 0 Å². The smallest absolute Gasteiger partial charge is 0.121 e. The Morgan fingerprint density at radius 1 is 1.46 bits per heavy atom. The van der Waals surface area contributed by atoms with E-state index in [2.05, 4.69) is 5.18 Å². The van der Waals surface area contributed by atoms with Crippen LogP contribution in [0.3, 0.4) is 0 Å². The van der Waals surface area contributed by atoms with Crippen molar-refractivity contribution in [3.05, 3.63) is 28.2 Å². The van der Waals surface area contributed by atoms with E-state index >= 15 is 0 Å². The summed E-state index contributed by atoms with van der Waals surface area (Å²) < 4.78 is 0. The van der Waals surface area contributed by atoms with E-state index in [1.54, 1.807) is 19.1 Å². The number of nitroso groups, excluding NO2 is 1. The van der Waals surface area contributed by atoms with Gasteiger partial charge in [0.25, 0.3) is 0 Å². The largest absolute Gasteiger partial charge is 0.507 e. The molecule has 0 aliphatic heterocycles. The Bertz CT molecular complexity index is 321. The molecule has 0 saturated heterocycles. The van der Waals surface area contributed by atoms with Gasteiger partial charge in [0.15, 0.2) is 0 Å². The van der Waals surface area contributed by atoms with Gasteiger partial charge in [-0.15, -0.1) is 4.91 Å². The van der Waals surface area contributed by atoms with Crippen LogP contribution in [-0.2, 0) is 6.42 Å². The number of nitrogens with zero attached hydrogens (tertiary/aromatic N) is 1. The Balaban J connectivity index is 3.16. The van der Waals surface area contributed by atoms with Crippen LogP contribution in [0.4, 0.5) is 5.69 Å². The molecule has 1 aromatic rings. The number of phenolic OH excluding ortho intramolecular Hbond substituents is 1. The zero-order valence-electron chi connectivity index (χ0n) is 7.87. The van der Waals surface area contributed by atoms with Gasteiger partial charge < -0.3 is 5.11 Å². The van der Waals surface area contributed by atoms with Crippen molar-refractivity contribution in [3.63, 3.8) is 0 Å². The van der Waals surface area contributed by atoms with Crippen molar-refractivity contribution >= 4 is 5.69 Å². The van der Waals surface area contributed by atoms with Gasteiger partial charge in [0.2, 0.25) is 0 Å². The summed E-state index contributed by atoms with van der Waals surface area (Å²) >= 11 is 0. The third kappa shape index (κ3) is 2.05. The predicted molar refractivity (Wildman–Crippen MR) is 52.3 cm³/mol. The zero-order chi connectivity index (χ0) is 9.84. The van der Waals surface area contributed by atoms with Crippen LogP contribution in [0.1, 0.15) is 24.5 Å². The lowest BCUT2D eigenvalue weighted by Gasteiger charge is -2.06. The first kappa shape index (κ1) is 9.71. The van der Waals surface area contributed by atoms with Gasteiger partial charge in [-0.1, -0.05) is 13.3 Å². The maximum Gasteiger partial charge on any atom is 0.121 e. The predicted octanol–water partition coefficient (Wildman–Crippen LogP) is 3.05. The summed E-state index contributed by atoms with van der Waals surface area (Å²) in [7, 11) is 0. The van der Waals surface area contributed by atoms with Crippen LogP contribution >= 0.6 is 0 Å². The summed E-state index contributed by atoms with van der Waals surface area (Å²) in [4.78, 5) is 10.3. The lowest BCUT2D eigenvalue weighted by Crippen LogP contribution is -1.86. The molecule has 0 aliphatic rings. The van der Waals surface area contributed by atoms with Crippen LogP contribution < -0.4 is 0 Å². The van der Waals surface area contributed by atoms with Crippen molar-refractivity contribution in [3.8, 4) is 5.75 Å². The Kier molecular flexibility index (Phi) is 3.01. The van der Waals surface area contributed by atoms with Crippen molar-refractivity contribution < 1.29 is 5.11 Å². The van der Waals surface area contributed by atoms with Gasteiger partial charge in [0.1, 0.15) is 11.4 Å². The van der Waals surface area contributed by atoms with Crippen molar-refractivity contribution in [2.45, 2.75) is 26.7 Å². The van der Waals surface area contributed by atoms with E-state index in [0.717, 1.165) is 18.4 Å². The molecule has 0 amide bonds. The third-order valence-corrected chi connectivity index (χ3v) is 1.99. The first-order valence-corrected chi connectivity index (χ1v) is 4.35.